The summed E-state index contributed by atoms with van der Waals surface area (Å²) >= 11 is 0. The third-order valence-corrected chi connectivity index (χ3v) is 4.80. The number of nitrogens with zero attached hydrogens (tertiary/aromatic N) is 2. The van der Waals surface area contributed by atoms with Gasteiger partial charge in [0.05, 0.1) is 5.56 Å². The van der Waals surface area contributed by atoms with Crippen molar-refractivity contribution in [2.45, 2.75) is 37.9 Å². The predicted octanol–water partition coefficient (Wildman–Crippen LogP) is 2.70. The Balaban J connectivity index is 1.58. The van der Waals surface area contributed by atoms with Crippen molar-refractivity contribution in [3.05, 3.63) is 29.6 Å². The third-order valence-electron chi connectivity index (χ3n) is 4.80. The normalized spacial score (nSPS) is 23.3. The average Bonchev–Trinajstić information content (AvgIpc) is 3.08. The van der Waals surface area contributed by atoms with Crippen molar-refractivity contribution in [1.29, 1.82) is 0 Å². The van der Waals surface area contributed by atoms with Crippen LogP contribution in [-0.4, -0.2) is 41.5 Å². The number of amides is 1. The number of hydrogen-bond donors (Lipinski definition) is 1. The zero-order chi connectivity index (χ0) is 16.4. The van der Waals surface area contributed by atoms with Gasteiger partial charge in [-0.05, 0) is 50.3 Å². The SMILES string of the molecule is O=C(c1ccc(C(F)(F)F)nc1)N1CCC(C2CCCN2)CC1. The number of halogens is 3. The summed E-state index contributed by atoms with van der Waals surface area (Å²) in [5.41, 5.74) is -0.754. The highest BCUT2D eigenvalue weighted by atomic mass is 19.4. The molecule has 1 aromatic heterocycles. The lowest BCUT2D eigenvalue weighted by Gasteiger charge is -2.35. The summed E-state index contributed by atoms with van der Waals surface area (Å²) < 4.78 is 37.5. The van der Waals surface area contributed by atoms with Gasteiger partial charge < -0.3 is 10.2 Å². The minimum Gasteiger partial charge on any atom is -0.339 e. The first kappa shape index (κ1) is 16.2. The summed E-state index contributed by atoms with van der Waals surface area (Å²) in [6.07, 6.45) is 0.835. The molecule has 3 heterocycles. The summed E-state index contributed by atoms with van der Waals surface area (Å²) in [5.74, 6) is 0.358. The summed E-state index contributed by atoms with van der Waals surface area (Å²) in [6, 6.07) is 2.63. The van der Waals surface area contributed by atoms with E-state index in [9.17, 15) is 18.0 Å². The zero-order valence-corrected chi connectivity index (χ0v) is 12.8. The van der Waals surface area contributed by atoms with Gasteiger partial charge in [0.25, 0.3) is 5.91 Å². The van der Waals surface area contributed by atoms with Gasteiger partial charge in [-0.15, -0.1) is 0 Å². The lowest BCUT2D eigenvalue weighted by Crippen LogP contribution is -2.43. The number of aromatic nitrogens is 1. The molecule has 0 saturated carbocycles. The number of nitrogens with one attached hydrogen (secondary N) is 1. The van der Waals surface area contributed by atoms with E-state index in [0.29, 0.717) is 25.0 Å². The third kappa shape index (κ3) is 3.65. The topological polar surface area (TPSA) is 45.2 Å². The minimum atomic E-state index is -4.48. The van der Waals surface area contributed by atoms with Crippen molar-refractivity contribution in [1.82, 2.24) is 15.2 Å². The molecule has 1 aromatic rings. The second-order valence-corrected chi connectivity index (χ2v) is 6.26. The van der Waals surface area contributed by atoms with Crippen molar-refractivity contribution in [2.75, 3.05) is 19.6 Å². The molecule has 1 unspecified atom stereocenters. The molecule has 1 amide bonds. The molecule has 2 aliphatic heterocycles. The first-order chi connectivity index (χ1) is 10.9. The van der Waals surface area contributed by atoms with Crippen LogP contribution in [0, 0.1) is 5.92 Å². The zero-order valence-electron chi connectivity index (χ0n) is 12.8. The molecule has 2 saturated heterocycles. The summed E-state index contributed by atoms with van der Waals surface area (Å²) in [5, 5.41) is 3.50. The van der Waals surface area contributed by atoms with Crippen LogP contribution in [0.15, 0.2) is 18.3 Å². The molecule has 3 rings (SSSR count). The molecular weight excluding hydrogens is 307 g/mol. The average molecular weight is 327 g/mol. The summed E-state index contributed by atoms with van der Waals surface area (Å²) in [4.78, 5) is 17.5. The maximum absolute atomic E-state index is 12.5. The van der Waals surface area contributed by atoms with Crippen LogP contribution in [-0.2, 0) is 6.18 Å². The van der Waals surface area contributed by atoms with E-state index in [2.05, 4.69) is 10.3 Å². The fourth-order valence-electron chi connectivity index (χ4n) is 3.49. The van der Waals surface area contributed by atoms with E-state index in [1.807, 2.05) is 0 Å². The van der Waals surface area contributed by atoms with E-state index in [4.69, 9.17) is 0 Å². The molecule has 7 heteroatoms. The Hall–Kier alpha value is -1.63. The van der Waals surface area contributed by atoms with Gasteiger partial charge in [0, 0.05) is 25.3 Å². The summed E-state index contributed by atoms with van der Waals surface area (Å²) in [7, 11) is 0. The van der Waals surface area contributed by atoms with Crippen LogP contribution in [0.4, 0.5) is 13.2 Å². The second-order valence-electron chi connectivity index (χ2n) is 6.26. The highest BCUT2D eigenvalue weighted by Crippen LogP contribution is 2.28. The molecule has 1 atom stereocenters. The Bertz CT molecular complexity index is 545. The molecular formula is C16H20F3N3O. The fourth-order valence-corrected chi connectivity index (χ4v) is 3.49. The van der Waals surface area contributed by atoms with Gasteiger partial charge in [0.1, 0.15) is 5.69 Å². The number of hydrogen-bond acceptors (Lipinski definition) is 3. The van der Waals surface area contributed by atoms with Crippen LogP contribution in [0.25, 0.3) is 0 Å². The number of carbonyl (C=O) groups excluding carboxylic acids is 1. The molecule has 0 radical (unpaired) electrons. The van der Waals surface area contributed by atoms with Crippen molar-refractivity contribution in [2.24, 2.45) is 5.92 Å². The molecule has 23 heavy (non-hydrogen) atoms. The molecule has 2 aliphatic rings. The van der Waals surface area contributed by atoms with E-state index >= 15 is 0 Å². The van der Waals surface area contributed by atoms with Crippen LogP contribution in [0.1, 0.15) is 41.7 Å². The van der Waals surface area contributed by atoms with Gasteiger partial charge in [-0.3, -0.25) is 9.78 Å². The molecule has 0 aromatic carbocycles. The van der Waals surface area contributed by atoms with Crippen LogP contribution >= 0.6 is 0 Å². The van der Waals surface area contributed by atoms with Gasteiger partial charge in [-0.25, -0.2) is 0 Å². The highest BCUT2D eigenvalue weighted by Gasteiger charge is 2.33. The van der Waals surface area contributed by atoms with Crippen molar-refractivity contribution in [3.63, 3.8) is 0 Å². The smallest absolute Gasteiger partial charge is 0.339 e. The van der Waals surface area contributed by atoms with Crippen molar-refractivity contribution in [3.8, 4) is 0 Å². The predicted molar refractivity (Wildman–Crippen MR) is 78.9 cm³/mol. The first-order valence-electron chi connectivity index (χ1n) is 8.01. The molecule has 4 nitrogen and oxygen atoms in total. The van der Waals surface area contributed by atoms with Crippen LogP contribution in [0.5, 0.6) is 0 Å². The number of piperidine rings is 1. The van der Waals surface area contributed by atoms with Crippen LogP contribution in [0.2, 0.25) is 0 Å². The van der Waals surface area contributed by atoms with Gasteiger partial charge in [0.2, 0.25) is 0 Å². The summed E-state index contributed by atoms with van der Waals surface area (Å²) in [6.45, 7) is 2.38. The maximum Gasteiger partial charge on any atom is 0.433 e. The van der Waals surface area contributed by atoms with Gasteiger partial charge in [-0.1, -0.05) is 0 Å². The monoisotopic (exact) mass is 327 g/mol. The number of carbonyl (C=O) groups is 1. The molecule has 0 spiro atoms. The van der Waals surface area contributed by atoms with Crippen molar-refractivity contribution < 1.29 is 18.0 Å². The van der Waals surface area contributed by atoms with Crippen LogP contribution < -0.4 is 5.32 Å². The van der Waals surface area contributed by atoms with E-state index in [1.54, 1.807) is 4.90 Å². The Morgan fingerprint density at radius 2 is 1.96 bits per heavy atom. The van der Waals surface area contributed by atoms with Gasteiger partial charge in [-0.2, -0.15) is 13.2 Å². The Kier molecular flexibility index (Phi) is 4.57. The molecule has 2 fully saturated rings. The Morgan fingerprint density at radius 3 is 2.48 bits per heavy atom. The van der Waals surface area contributed by atoms with Crippen molar-refractivity contribution >= 4 is 5.91 Å². The highest BCUT2D eigenvalue weighted by molar-refractivity contribution is 5.94. The fraction of sp³-hybridized carbons (Fsp3) is 0.625. The van der Waals surface area contributed by atoms with E-state index in [-0.39, 0.29) is 11.5 Å². The second kappa shape index (κ2) is 6.47. The quantitative estimate of drug-likeness (QED) is 0.908. The minimum absolute atomic E-state index is 0.218. The first-order valence-corrected chi connectivity index (χ1v) is 8.01. The van der Waals surface area contributed by atoms with E-state index in [1.165, 1.54) is 18.9 Å². The number of rotatable bonds is 2. The lowest BCUT2D eigenvalue weighted by molar-refractivity contribution is -0.141. The molecule has 1 N–H and O–H groups in total. The van der Waals surface area contributed by atoms with Gasteiger partial charge in [0.15, 0.2) is 0 Å². The molecule has 0 bridgehead atoms. The Labute approximate surface area is 133 Å². The standard InChI is InChI=1S/C16H20F3N3O/c17-16(18,19)14-4-3-12(10-21-14)15(23)22-8-5-11(6-9-22)13-2-1-7-20-13/h3-4,10-11,13,20H,1-2,5-9H2. The van der Waals surface area contributed by atoms with Crippen LogP contribution in [0.3, 0.4) is 0 Å². The number of likely N-dealkylation sites (tertiary alicyclic amines) is 1. The van der Waals surface area contributed by atoms with E-state index in [0.717, 1.165) is 31.6 Å². The van der Waals surface area contributed by atoms with Gasteiger partial charge >= 0.3 is 6.18 Å². The molecule has 0 aliphatic carbocycles. The maximum atomic E-state index is 12.5. The number of alkyl halides is 3. The van der Waals surface area contributed by atoms with E-state index < -0.39 is 11.9 Å². The lowest BCUT2D eigenvalue weighted by atomic mass is 9.88. The molecule has 126 valence electrons. The number of pyridine rings is 1. The largest absolute Gasteiger partial charge is 0.433 e. The Morgan fingerprint density at radius 1 is 1.22 bits per heavy atom.